The number of alkyl halides is 1. The van der Waals surface area contributed by atoms with Crippen molar-refractivity contribution in [3.63, 3.8) is 0 Å². The maximum Gasteiger partial charge on any atom is 0.153 e. The Morgan fingerprint density at radius 3 is 2.22 bits per heavy atom. The maximum absolute atomic E-state index is 10.9. The highest BCUT2D eigenvalue weighted by Crippen LogP contribution is 2.16. The van der Waals surface area contributed by atoms with E-state index in [0.717, 1.165) is 0 Å². The third-order valence-electron chi connectivity index (χ3n) is 1.27. The van der Waals surface area contributed by atoms with Gasteiger partial charge in [0, 0.05) is 11.3 Å². The van der Waals surface area contributed by atoms with E-state index in [1.807, 2.05) is 0 Å². The van der Waals surface area contributed by atoms with E-state index in [4.69, 9.17) is 17.3 Å². The largest absolute Gasteiger partial charge is 0.324 e. The Hall–Kier alpha value is -0.0800. The number of nitrogens with two attached hydrogens (primary N) is 1. The summed E-state index contributed by atoms with van der Waals surface area (Å²) in [6.45, 7) is 3.66. The third kappa shape index (κ3) is 2.33. The highest BCUT2D eigenvalue weighted by atomic mass is 35.5. The van der Waals surface area contributed by atoms with Crippen LogP contribution >= 0.6 is 11.6 Å². The van der Waals surface area contributed by atoms with Gasteiger partial charge < -0.3 is 5.73 Å². The van der Waals surface area contributed by atoms with E-state index in [0.29, 0.717) is 5.88 Å². The summed E-state index contributed by atoms with van der Waals surface area (Å²) in [6, 6.07) is 0. The zero-order chi connectivity index (χ0) is 7.49. The van der Waals surface area contributed by atoms with Crippen molar-refractivity contribution < 1.29 is 4.79 Å². The number of hydrogen-bond acceptors (Lipinski definition) is 2. The van der Waals surface area contributed by atoms with E-state index >= 15 is 0 Å². The molecule has 0 spiro atoms. The van der Waals surface area contributed by atoms with Crippen LogP contribution < -0.4 is 5.73 Å². The minimum Gasteiger partial charge on any atom is -0.324 e. The first-order valence-electron chi connectivity index (χ1n) is 2.84. The van der Waals surface area contributed by atoms with Crippen molar-refractivity contribution in [2.75, 3.05) is 12.4 Å². The number of carbonyl (C=O) groups excluding carboxylic acids is 1. The molecular formula is C6H12ClNO. The Kier molecular flexibility index (Phi) is 3.15. The Morgan fingerprint density at radius 2 is 2.11 bits per heavy atom. The number of Topliss-reactive ketones (excluding diaryl/α,β-unsaturated/α-hetero) is 1. The molecule has 0 aliphatic heterocycles. The first-order valence-corrected chi connectivity index (χ1v) is 3.37. The van der Waals surface area contributed by atoms with E-state index in [2.05, 4.69) is 0 Å². The summed E-state index contributed by atoms with van der Waals surface area (Å²) >= 11 is 5.49. The molecule has 0 aromatic rings. The molecule has 0 bridgehead atoms. The highest BCUT2D eigenvalue weighted by Gasteiger charge is 2.24. The topological polar surface area (TPSA) is 43.1 Å². The quantitative estimate of drug-likeness (QED) is 0.603. The normalized spacial score (nSPS) is 11.6. The number of hydrogen-bond donors (Lipinski definition) is 1. The zero-order valence-electron chi connectivity index (χ0n) is 5.78. The average molecular weight is 150 g/mol. The molecule has 9 heavy (non-hydrogen) atoms. The van der Waals surface area contributed by atoms with Gasteiger partial charge in [0.1, 0.15) is 0 Å². The zero-order valence-corrected chi connectivity index (χ0v) is 6.53. The van der Waals surface area contributed by atoms with Gasteiger partial charge in [0.15, 0.2) is 5.78 Å². The maximum atomic E-state index is 10.9. The molecule has 0 amide bonds. The van der Waals surface area contributed by atoms with Crippen molar-refractivity contribution in [2.24, 2.45) is 11.1 Å². The van der Waals surface area contributed by atoms with Crippen LogP contribution in [-0.2, 0) is 4.79 Å². The monoisotopic (exact) mass is 149 g/mol. The van der Waals surface area contributed by atoms with Gasteiger partial charge in [0.25, 0.3) is 0 Å². The van der Waals surface area contributed by atoms with Crippen LogP contribution in [0.3, 0.4) is 0 Å². The Bertz CT molecular complexity index is 112. The smallest absolute Gasteiger partial charge is 0.153 e. The van der Waals surface area contributed by atoms with Gasteiger partial charge >= 0.3 is 0 Å². The van der Waals surface area contributed by atoms with Gasteiger partial charge in [-0.2, -0.15) is 0 Å². The molecule has 2 nitrogen and oxygen atoms in total. The number of ketones is 1. The predicted molar refractivity (Wildman–Crippen MR) is 38.6 cm³/mol. The van der Waals surface area contributed by atoms with Crippen LogP contribution in [0.1, 0.15) is 13.8 Å². The van der Waals surface area contributed by atoms with E-state index in [1.165, 1.54) is 0 Å². The summed E-state index contributed by atoms with van der Waals surface area (Å²) in [5.74, 6) is 0.348. The molecule has 0 aromatic heterocycles. The fourth-order valence-electron chi connectivity index (χ4n) is 0.351. The lowest BCUT2D eigenvalue weighted by Crippen LogP contribution is -2.32. The van der Waals surface area contributed by atoms with Crippen molar-refractivity contribution in [1.29, 1.82) is 0 Å². The first-order chi connectivity index (χ1) is 4.04. The van der Waals surface area contributed by atoms with Crippen molar-refractivity contribution >= 4 is 17.4 Å². The Morgan fingerprint density at radius 1 is 1.67 bits per heavy atom. The van der Waals surface area contributed by atoms with Crippen LogP contribution in [0.4, 0.5) is 0 Å². The fourth-order valence-corrected chi connectivity index (χ4v) is 0.500. The number of carbonyl (C=O) groups is 1. The van der Waals surface area contributed by atoms with Gasteiger partial charge in [0.05, 0.1) is 6.54 Å². The van der Waals surface area contributed by atoms with Crippen LogP contribution in [-0.4, -0.2) is 18.2 Å². The van der Waals surface area contributed by atoms with Crippen molar-refractivity contribution in [3.8, 4) is 0 Å². The molecule has 0 saturated carbocycles. The lowest BCUT2D eigenvalue weighted by Gasteiger charge is -2.17. The molecule has 3 heteroatoms. The number of rotatable bonds is 3. The molecule has 0 unspecified atom stereocenters. The summed E-state index contributed by atoms with van der Waals surface area (Å²) in [6.07, 6.45) is 0. The molecule has 54 valence electrons. The third-order valence-corrected chi connectivity index (χ3v) is 1.94. The van der Waals surface area contributed by atoms with Crippen molar-refractivity contribution in [2.45, 2.75) is 13.8 Å². The lowest BCUT2D eigenvalue weighted by atomic mass is 9.91. The Labute approximate surface area is 60.4 Å². The molecule has 2 N–H and O–H groups in total. The lowest BCUT2D eigenvalue weighted by molar-refractivity contribution is -0.124. The second-order valence-corrected chi connectivity index (χ2v) is 2.91. The van der Waals surface area contributed by atoms with Crippen molar-refractivity contribution in [3.05, 3.63) is 0 Å². The molecule has 0 radical (unpaired) electrons. The highest BCUT2D eigenvalue weighted by molar-refractivity contribution is 6.20. The molecule has 0 saturated heterocycles. The van der Waals surface area contributed by atoms with E-state index in [1.54, 1.807) is 13.8 Å². The van der Waals surface area contributed by atoms with Gasteiger partial charge in [0.2, 0.25) is 0 Å². The molecule has 0 aromatic carbocycles. The van der Waals surface area contributed by atoms with E-state index in [9.17, 15) is 4.79 Å². The van der Waals surface area contributed by atoms with Crippen LogP contribution in [0.5, 0.6) is 0 Å². The second kappa shape index (κ2) is 3.18. The van der Waals surface area contributed by atoms with Crippen LogP contribution in [0, 0.1) is 5.41 Å². The fraction of sp³-hybridized carbons (Fsp3) is 0.833. The average Bonchev–Trinajstić information content (AvgIpc) is 1.86. The Balaban J connectivity index is 3.97. The summed E-state index contributed by atoms with van der Waals surface area (Å²) in [4.78, 5) is 10.9. The minimum absolute atomic E-state index is 0.0116. The second-order valence-electron chi connectivity index (χ2n) is 2.64. The standard InChI is InChI=1S/C6H12ClNO/c1-6(2,4-7)5(9)3-8/h3-4,8H2,1-2H3. The van der Waals surface area contributed by atoms with Crippen LogP contribution in [0.2, 0.25) is 0 Å². The van der Waals surface area contributed by atoms with Gasteiger partial charge in [-0.1, -0.05) is 13.8 Å². The molecule has 0 atom stereocenters. The molecule has 0 aliphatic carbocycles. The SMILES string of the molecule is CC(C)(CCl)C(=O)CN. The minimum atomic E-state index is -0.448. The molecule has 0 heterocycles. The van der Waals surface area contributed by atoms with Gasteiger partial charge in [-0.05, 0) is 0 Å². The molecular weight excluding hydrogens is 138 g/mol. The van der Waals surface area contributed by atoms with Gasteiger partial charge in [-0.15, -0.1) is 11.6 Å². The first kappa shape index (κ1) is 8.92. The van der Waals surface area contributed by atoms with E-state index < -0.39 is 5.41 Å². The number of halogens is 1. The van der Waals surface area contributed by atoms with Crippen LogP contribution in [0.25, 0.3) is 0 Å². The summed E-state index contributed by atoms with van der Waals surface area (Å²) in [5, 5.41) is 0. The molecule has 0 rings (SSSR count). The van der Waals surface area contributed by atoms with E-state index in [-0.39, 0.29) is 12.3 Å². The van der Waals surface area contributed by atoms with Gasteiger partial charge in [-0.3, -0.25) is 4.79 Å². The summed E-state index contributed by atoms with van der Waals surface area (Å²) < 4.78 is 0. The van der Waals surface area contributed by atoms with Crippen molar-refractivity contribution in [1.82, 2.24) is 0 Å². The predicted octanol–water partition coefficient (Wildman–Crippen LogP) is 0.779. The summed E-state index contributed by atoms with van der Waals surface area (Å²) in [7, 11) is 0. The molecule has 0 fully saturated rings. The summed E-state index contributed by atoms with van der Waals surface area (Å²) in [5.41, 5.74) is 4.68. The molecule has 0 aliphatic rings. The van der Waals surface area contributed by atoms with Gasteiger partial charge in [-0.25, -0.2) is 0 Å². The van der Waals surface area contributed by atoms with Crippen LogP contribution in [0.15, 0.2) is 0 Å².